The molecule has 3 heteroatoms. The van der Waals surface area contributed by atoms with E-state index in [-0.39, 0.29) is 0 Å². The largest absolute Gasteiger partial charge is 0.436 e. The highest BCUT2D eigenvalue weighted by atomic mass is 16.3. The zero-order chi connectivity index (χ0) is 36.7. The van der Waals surface area contributed by atoms with Crippen molar-refractivity contribution in [3.05, 3.63) is 200 Å². The van der Waals surface area contributed by atoms with Crippen LogP contribution in [0.2, 0.25) is 0 Å². The number of nitrogens with zero attached hydrogens (tertiary/aromatic N) is 2. The van der Waals surface area contributed by atoms with Crippen molar-refractivity contribution in [3.8, 4) is 73.2 Å². The van der Waals surface area contributed by atoms with Gasteiger partial charge in [0.15, 0.2) is 5.58 Å². The first-order chi connectivity index (χ1) is 27.2. The molecule has 10 rings (SSSR count). The molecule has 3 nitrogen and oxygen atoms in total. The van der Waals surface area contributed by atoms with E-state index in [0.717, 1.165) is 66.7 Å². The molecule has 0 spiro atoms. The van der Waals surface area contributed by atoms with Crippen molar-refractivity contribution in [2.75, 3.05) is 0 Å². The molecule has 0 radical (unpaired) electrons. The van der Waals surface area contributed by atoms with Gasteiger partial charge in [0.05, 0.1) is 11.6 Å². The number of aromatic nitrogens is 1. The molecule has 0 atom stereocenters. The van der Waals surface area contributed by atoms with E-state index in [9.17, 15) is 0 Å². The van der Waals surface area contributed by atoms with Crippen molar-refractivity contribution in [2.45, 2.75) is 0 Å². The van der Waals surface area contributed by atoms with Gasteiger partial charge in [-0.2, -0.15) is 5.26 Å². The van der Waals surface area contributed by atoms with Crippen LogP contribution in [-0.2, 0) is 0 Å². The van der Waals surface area contributed by atoms with E-state index in [1.165, 1.54) is 27.1 Å². The van der Waals surface area contributed by atoms with Gasteiger partial charge in [0.2, 0.25) is 5.89 Å². The van der Waals surface area contributed by atoms with Crippen molar-refractivity contribution in [1.82, 2.24) is 4.98 Å². The van der Waals surface area contributed by atoms with Gasteiger partial charge in [0, 0.05) is 11.1 Å². The lowest BCUT2D eigenvalue weighted by atomic mass is 9.91. The molecule has 0 bridgehead atoms. The Bertz CT molecular complexity index is 3040. The van der Waals surface area contributed by atoms with Crippen molar-refractivity contribution >= 4 is 32.6 Å². The monoisotopic (exact) mass is 700 g/mol. The molecule has 0 N–H and O–H groups in total. The first-order valence-corrected chi connectivity index (χ1v) is 18.4. The Balaban J connectivity index is 0.970. The average Bonchev–Trinajstić information content (AvgIpc) is 3.71. The fraction of sp³-hybridized carbons (Fsp3) is 0. The second kappa shape index (κ2) is 13.5. The van der Waals surface area contributed by atoms with Gasteiger partial charge in [-0.3, -0.25) is 0 Å². The van der Waals surface area contributed by atoms with Gasteiger partial charge in [-0.1, -0.05) is 152 Å². The molecule has 55 heavy (non-hydrogen) atoms. The predicted molar refractivity (Wildman–Crippen MR) is 226 cm³/mol. The number of hydrogen-bond acceptors (Lipinski definition) is 3. The van der Waals surface area contributed by atoms with Crippen LogP contribution in [-0.4, -0.2) is 4.98 Å². The van der Waals surface area contributed by atoms with Gasteiger partial charge in [0.25, 0.3) is 0 Å². The summed E-state index contributed by atoms with van der Waals surface area (Å²) in [5.41, 5.74) is 14.4. The summed E-state index contributed by atoms with van der Waals surface area (Å²) in [5, 5.41) is 14.0. The van der Waals surface area contributed by atoms with Crippen molar-refractivity contribution in [3.63, 3.8) is 0 Å². The van der Waals surface area contributed by atoms with Crippen molar-refractivity contribution < 1.29 is 4.42 Å². The Morgan fingerprint density at radius 1 is 0.382 bits per heavy atom. The molecule has 0 fully saturated rings. The highest BCUT2D eigenvalue weighted by Crippen LogP contribution is 2.41. The van der Waals surface area contributed by atoms with E-state index >= 15 is 0 Å². The number of fused-ring (bicyclic) bond motifs is 4. The minimum atomic E-state index is 0.596. The molecule has 10 aromatic rings. The molecular weight excluding hydrogens is 669 g/mol. The van der Waals surface area contributed by atoms with E-state index in [4.69, 9.17) is 14.7 Å². The van der Waals surface area contributed by atoms with E-state index in [2.05, 4.69) is 170 Å². The minimum absolute atomic E-state index is 0.596. The molecule has 0 saturated carbocycles. The average molecular weight is 701 g/mol. The van der Waals surface area contributed by atoms with Gasteiger partial charge in [0.1, 0.15) is 5.52 Å². The summed E-state index contributed by atoms with van der Waals surface area (Å²) in [5.74, 6) is 0.596. The Morgan fingerprint density at radius 2 is 0.873 bits per heavy atom. The summed E-state index contributed by atoms with van der Waals surface area (Å²) in [7, 11) is 0. The predicted octanol–water partition coefficient (Wildman–Crippen LogP) is 14.0. The lowest BCUT2D eigenvalue weighted by Crippen LogP contribution is -1.87. The van der Waals surface area contributed by atoms with Gasteiger partial charge in [-0.05, 0) is 114 Å². The lowest BCUT2D eigenvalue weighted by Gasteiger charge is -2.12. The molecule has 0 aliphatic carbocycles. The molecular formula is C52H32N2O. The van der Waals surface area contributed by atoms with Gasteiger partial charge in [-0.15, -0.1) is 0 Å². The summed E-state index contributed by atoms with van der Waals surface area (Å²) in [6, 6.07) is 69.9. The topological polar surface area (TPSA) is 49.8 Å². The minimum Gasteiger partial charge on any atom is -0.436 e. The van der Waals surface area contributed by atoms with Crippen molar-refractivity contribution in [1.29, 1.82) is 5.26 Å². The normalized spacial score (nSPS) is 11.3. The van der Waals surface area contributed by atoms with Crippen LogP contribution in [0.3, 0.4) is 0 Å². The zero-order valence-corrected chi connectivity index (χ0v) is 29.8. The van der Waals surface area contributed by atoms with Crippen LogP contribution in [0.25, 0.3) is 99.7 Å². The molecule has 1 aromatic heterocycles. The fourth-order valence-electron chi connectivity index (χ4n) is 7.69. The maximum Gasteiger partial charge on any atom is 0.227 e. The van der Waals surface area contributed by atoms with Crippen LogP contribution in [0.5, 0.6) is 0 Å². The summed E-state index contributed by atoms with van der Waals surface area (Å²) in [4.78, 5) is 5.11. The Hall–Kier alpha value is -7.54. The number of oxazole rings is 1. The SMILES string of the molecule is N#Cc1ccc(-c2ccc(-c3ccc(-c4ccc(-c5nc6c(-c7ccccc7)cc(-c7cc8ccccc8c8ccccc78)cc6o5)cc4)cc3)cc2)cc1. The van der Waals surface area contributed by atoms with E-state index in [1.807, 2.05) is 30.3 Å². The maximum absolute atomic E-state index is 9.11. The van der Waals surface area contributed by atoms with Gasteiger partial charge >= 0.3 is 0 Å². The smallest absolute Gasteiger partial charge is 0.227 e. The quantitative estimate of drug-likeness (QED) is 0.162. The summed E-state index contributed by atoms with van der Waals surface area (Å²) in [6.07, 6.45) is 0. The van der Waals surface area contributed by atoms with Crippen molar-refractivity contribution in [2.24, 2.45) is 0 Å². The first kappa shape index (κ1) is 32.1. The van der Waals surface area contributed by atoms with E-state index in [0.29, 0.717) is 11.5 Å². The Kier molecular flexibility index (Phi) is 7.86. The third-order valence-electron chi connectivity index (χ3n) is 10.6. The van der Waals surface area contributed by atoms with Crippen LogP contribution in [0.4, 0.5) is 0 Å². The number of hydrogen-bond donors (Lipinski definition) is 0. The molecule has 0 unspecified atom stereocenters. The zero-order valence-electron chi connectivity index (χ0n) is 29.8. The highest BCUT2D eigenvalue weighted by molar-refractivity contribution is 6.14. The number of nitriles is 1. The molecule has 0 amide bonds. The van der Waals surface area contributed by atoms with Crippen LogP contribution in [0.1, 0.15) is 5.56 Å². The molecule has 0 saturated heterocycles. The second-order valence-corrected chi connectivity index (χ2v) is 13.9. The molecule has 256 valence electrons. The summed E-state index contributed by atoms with van der Waals surface area (Å²) >= 11 is 0. The van der Waals surface area contributed by atoms with E-state index in [1.54, 1.807) is 0 Å². The number of rotatable bonds is 6. The van der Waals surface area contributed by atoms with Gasteiger partial charge in [-0.25, -0.2) is 4.98 Å². The van der Waals surface area contributed by atoms with E-state index < -0.39 is 0 Å². The second-order valence-electron chi connectivity index (χ2n) is 13.9. The summed E-state index contributed by atoms with van der Waals surface area (Å²) in [6.45, 7) is 0. The molecule has 9 aromatic carbocycles. The van der Waals surface area contributed by atoms with Crippen LogP contribution >= 0.6 is 0 Å². The van der Waals surface area contributed by atoms with Crippen LogP contribution in [0, 0.1) is 11.3 Å². The Labute approximate surface area is 319 Å². The first-order valence-electron chi connectivity index (χ1n) is 18.4. The lowest BCUT2D eigenvalue weighted by molar-refractivity contribution is 0.620. The molecule has 0 aliphatic rings. The highest BCUT2D eigenvalue weighted by Gasteiger charge is 2.18. The third kappa shape index (κ3) is 5.93. The standard InChI is InChI=1S/C52H32N2O/c53-33-34-14-16-35(17-15-34)36-18-20-37(21-19-36)38-22-24-39(25-23-38)40-26-28-42(29-27-40)52-54-51-49(41-8-2-1-3-9-41)31-44(32-50(51)55-52)48-30-43-10-4-5-11-45(43)46-12-6-7-13-47(46)48/h1-32H. The van der Waals surface area contributed by atoms with Crippen LogP contribution in [0.15, 0.2) is 199 Å². The third-order valence-corrected chi connectivity index (χ3v) is 10.6. The number of benzene rings is 9. The Morgan fingerprint density at radius 3 is 1.45 bits per heavy atom. The van der Waals surface area contributed by atoms with Gasteiger partial charge < -0.3 is 4.42 Å². The fourth-order valence-corrected chi connectivity index (χ4v) is 7.69. The molecule has 1 heterocycles. The van der Waals surface area contributed by atoms with Crippen LogP contribution < -0.4 is 0 Å². The molecule has 0 aliphatic heterocycles. The maximum atomic E-state index is 9.11. The summed E-state index contributed by atoms with van der Waals surface area (Å²) < 4.78 is 6.61.